The third kappa shape index (κ3) is 4.89. The van der Waals surface area contributed by atoms with Gasteiger partial charge in [-0.3, -0.25) is 0 Å². The maximum absolute atomic E-state index is 13.7. The second kappa shape index (κ2) is 7.87. The average molecular weight is 336 g/mol. The van der Waals surface area contributed by atoms with Crippen LogP contribution in [0.15, 0.2) is 42.5 Å². The van der Waals surface area contributed by atoms with E-state index in [4.69, 9.17) is 17.0 Å². The number of methoxy groups -OCH3 is 1. The van der Waals surface area contributed by atoms with Crippen molar-refractivity contribution < 1.29 is 13.5 Å². The highest BCUT2D eigenvalue weighted by atomic mass is 32.1. The van der Waals surface area contributed by atoms with E-state index in [1.165, 1.54) is 25.3 Å². The second-order valence-corrected chi connectivity index (χ2v) is 5.50. The van der Waals surface area contributed by atoms with E-state index in [1.807, 2.05) is 7.05 Å². The number of hydrogen-bond acceptors (Lipinski definition) is 2. The molecule has 1 N–H and O–H groups in total. The van der Waals surface area contributed by atoms with Gasteiger partial charge in [-0.25, -0.2) is 8.78 Å². The fourth-order valence-corrected chi connectivity index (χ4v) is 2.21. The molecule has 0 radical (unpaired) electrons. The number of thiocarbonyl (C=S) groups is 1. The van der Waals surface area contributed by atoms with Crippen molar-refractivity contribution in [1.82, 2.24) is 10.2 Å². The smallest absolute Gasteiger partial charge is 0.169 e. The maximum atomic E-state index is 13.7. The number of nitrogens with zero attached hydrogens (tertiary/aromatic N) is 1. The van der Waals surface area contributed by atoms with Crippen molar-refractivity contribution in [2.45, 2.75) is 13.1 Å². The van der Waals surface area contributed by atoms with Gasteiger partial charge in [0, 0.05) is 20.1 Å². The summed E-state index contributed by atoms with van der Waals surface area (Å²) in [6.07, 6.45) is 0. The van der Waals surface area contributed by atoms with Gasteiger partial charge in [0.05, 0.1) is 7.11 Å². The molecule has 2 aromatic rings. The number of benzene rings is 2. The fraction of sp³-hybridized carbons (Fsp3) is 0.235. The highest BCUT2D eigenvalue weighted by Gasteiger charge is 2.08. The molecule has 0 aliphatic heterocycles. The molecule has 0 atom stereocenters. The van der Waals surface area contributed by atoms with Crippen molar-refractivity contribution in [3.05, 3.63) is 65.2 Å². The summed E-state index contributed by atoms with van der Waals surface area (Å²) in [5.74, 6) is -0.452. The van der Waals surface area contributed by atoms with E-state index >= 15 is 0 Å². The molecule has 2 rings (SSSR count). The minimum Gasteiger partial charge on any atom is -0.494 e. The Balaban J connectivity index is 1.89. The second-order valence-electron chi connectivity index (χ2n) is 5.11. The molecule has 0 bridgehead atoms. The summed E-state index contributed by atoms with van der Waals surface area (Å²) in [6, 6.07) is 11.0. The highest BCUT2D eigenvalue weighted by Crippen LogP contribution is 2.18. The predicted octanol–water partition coefficient (Wildman–Crippen LogP) is 3.48. The van der Waals surface area contributed by atoms with Gasteiger partial charge < -0.3 is 15.0 Å². The Morgan fingerprint density at radius 3 is 2.39 bits per heavy atom. The fourth-order valence-electron chi connectivity index (χ4n) is 2.07. The maximum Gasteiger partial charge on any atom is 0.169 e. The molecule has 0 saturated heterocycles. The van der Waals surface area contributed by atoms with Crippen LogP contribution in [0.2, 0.25) is 0 Å². The SMILES string of the molecule is COc1ccc(CN(C)C(=S)NCc2ccc(F)cc2)cc1F. The monoisotopic (exact) mass is 336 g/mol. The summed E-state index contributed by atoms with van der Waals surface area (Å²) in [6.45, 7) is 0.969. The molecule has 0 aliphatic carbocycles. The first kappa shape index (κ1) is 17.1. The summed E-state index contributed by atoms with van der Waals surface area (Å²) in [7, 11) is 3.25. The molecule has 0 spiro atoms. The Labute approximate surface area is 139 Å². The molecule has 0 amide bonds. The van der Waals surface area contributed by atoms with Gasteiger partial charge in [-0.2, -0.15) is 0 Å². The van der Waals surface area contributed by atoms with Crippen molar-refractivity contribution in [1.29, 1.82) is 0 Å². The Kier molecular flexibility index (Phi) is 5.87. The minimum absolute atomic E-state index is 0.216. The van der Waals surface area contributed by atoms with Crippen LogP contribution < -0.4 is 10.1 Å². The predicted molar refractivity (Wildman–Crippen MR) is 90.3 cm³/mol. The standard InChI is InChI=1S/C17H18F2N2OS/c1-21(11-13-5-8-16(22-2)15(19)9-13)17(23)20-10-12-3-6-14(18)7-4-12/h3-9H,10-11H2,1-2H3,(H,20,23). The number of ether oxygens (including phenoxy) is 1. The van der Waals surface area contributed by atoms with E-state index in [2.05, 4.69) is 5.32 Å². The number of hydrogen-bond donors (Lipinski definition) is 1. The van der Waals surface area contributed by atoms with Gasteiger partial charge >= 0.3 is 0 Å². The zero-order valence-electron chi connectivity index (χ0n) is 13.0. The van der Waals surface area contributed by atoms with E-state index < -0.39 is 5.82 Å². The van der Waals surface area contributed by atoms with Crippen LogP contribution in [0.4, 0.5) is 8.78 Å². The van der Waals surface area contributed by atoms with Crippen molar-refractivity contribution in [2.24, 2.45) is 0 Å². The average Bonchev–Trinajstić information content (AvgIpc) is 2.54. The first-order valence-electron chi connectivity index (χ1n) is 7.05. The molecule has 0 heterocycles. The van der Waals surface area contributed by atoms with Crippen molar-refractivity contribution >= 4 is 17.3 Å². The topological polar surface area (TPSA) is 24.5 Å². The molecular formula is C17H18F2N2OS. The Morgan fingerprint density at radius 1 is 1.13 bits per heavy atom. The van der Waals surface area contributed by atoms with Crippen LogP contribution in [-0.2, 0) is 13.1 Å². The van der Waals surface area contributed by atoms with Gasteiger partial charge in [0.1, 0.15) is 5.82 Å². The Hall–Kier alpha value is -2.21. The molecule has 0 aliphatic rings. The first-order chi connectivity index (χ1) is 11.0. The van der Waals surface area contributed by atoms with Crippen LogP contribution in [-0.4, -0.2) is 24.2 Å². The van der Waals surface area contributed by atoms with Crippen molar-refractivity contribution in [2.75, 3.05) is 14.2 Å². The van der Waals surface area contributed by atoms with E-state index in [-0.39, 0.29) is 11.6 Å². The quantitative estimate of drug-likeness (QED) is 0.845. The highest BCUT2D eigenvalue weighted by molar-refractivity contribution is 7.80. The van der Waals surface area contributed by atoms with Gasteiger partial charge in [0.2, 0.25) is 0 Å². The number of halogens is 2. The summed E-state index contributed by atoms with van der Waals surface area (Å²) in [4.78, 5) is 1.81. The molecule has 23 heavy (non-hydrogen) atoms. The van der Waals surface area contributed by atoms with E-state index in [9.17, 15) is 8.78 Å². The van der Waals surface area contributed by atoms with Crippen LogP contribution in [0.1, 0.15) is 11.1 Å². The van der Waals surface area contributed by atoms with Gasteiger partial charge in [0.25, 0.3) is 0 Å². The normalized spacial score (nSPS) is 10.3. The Bertz CT molecular complexity index is 677. The van der Waals surface area contributed by atoms with Gasteiger partial charge in [0.15, 0.2) is 16.7 Å². The lowest BCUT2D eigenvalue weighted by molar-refractivity contribution is 0.385. The minimum atomic E-state index is -0.399. The van der Waals surface area contributed by atoms with Crippen LogP contribution in [0.3, 0.4) is 0 Å². The number of rotatable bonds is 5. The van der Waals surface area contributed by atoms with E-state index in [0.717, 1.165) is 11.1 Å². The zero-order chi connectivity index (χ0) is 16.8. The molecule has 0 fully saturated rings. The van der Waals surface area contributed by atoms with Crippen LogP contribution >= 0.6 is 12.2 Å². The lowest BCUT2D eigenvalue weighted by Crippen LogP contribution is -2.36. The van der Waals surface area contributed by atoms with Crippen LogP contribution in [0.25, 0.3) is 0 Å². The third-order valence-corrected chi connectivity index (χ3v) is 3.80. The van der Waals surface area contributed by atoms with Crippen molar-refractivity contribution in [3.8, 4) is 5.75 Å². The van der Waals surface area contributed by atoms with Crippen LogP contribution in [0.5, 0.6) is 5.75 Å². The molecule has 0 aromatic heterocycles. The van der Waals surface area contributed by atoms with Gasteiger partial charge in [-0.05, 0) is 47.6 Å². The van der Waals surface area contributed by atoms with Crippen molar-refractivity contribution in [3.63, 3.8) is 0 Å². The van der Waals surface area contributed by atoms with Gasteiger partial charge in [-0.1, -0.05) is 18.2 Å². The van der Waals surface area contributed by atoms with Gasteiger partial charge in [-0.15, -0.1) is 0 Å². The van der Waals surface area contributed by atoms with Crippen LogP contribution in [0, 0.1) is 11.6 Å². The molecule has 0 unspecified atom stereocenters. The largest absolute Gasteiger partial charge is 0.494 e. The summed E-state index contributed by atoms with van der Waals surface area (Å²) >= 11 is 5.30. The summed E-state index contributed by atoms with van der Waals surface area (Å²) in [5, 5.41) is 3.62. The molecular weight excluding hydrogens is 318 g/mol. The first-order valence-corrected chi connectivity index (χ1v) is 7.46. The molecule has 3 nitrogen and oxygen atoms in total. The molecule has 6 heteroatoms. The lowest BCUT2D eigenvalue weighted by atomic mass is 10.2. The lowest BCUT2D eigenvalue weighted by Gasteiger charge is -2.21. The van der Waals surface area contributed by atoms with E-state index in [0.29, 0.717) is 18.2 Å². The van der Waals surface area contributed by atoms with E-state index in [1.54, 1.807) is 29.2 Å². The zero-order valence-corrected chi connectivity index (χ0v) is 13.8. The Morgan fingerprint density at radius 2 is 1.78 bits per heavy atom. The molecule has 2 aromatic carbocycles. The molecule has 122 valence electrons. The third-order valence-electron chi connectivity index (χ3n) is 3.34. The molecule has 0 saturated carbocycles. The summed E-state index contributed by atoms with van der Waals surface area (Å²) < 4.78 is 31.4. The number of nitrogens with one attached hydrogen (secondary N) is 1. The summed E-state index contributed by atoms with van der Waals surface area (Å²) in [5.41, 5.74) is 1.72.